The largest absolute Gasteiger partial charge is 0.478 e. The monoisotopic (exact) mass is 322 g/mol. The van der Waals surface area contributed by atoms with Crippen LogP contribution in [0.5, 0.6) is 0 Å². The van der Waals surface area contributed by atoms with Crippen molar-refractivity contribution in [3.05, 3.63) is 71.7 Å². The van der Waals surface area contributed by atoms with Crippen LogP contribution in [0.4, 0.5) is 5.69 Å². The van der Waals surface area contributed by atoms with Crippen molar-refractivity contribution >= 4 is 17.9 Å². The van der Waals surface area contributed by atoms with E-state index in [0.717, 1.165) is 5.56 Å². The van der Waals surface area contributed by atoms with E-state index in [4.69, 9.17) is 4.42 Å². The molecule has 0 bridgehead atoms. The summed E-state index contributed by atoms with van der Waals surface area (Å²) in [5.41, 5.74) is 2.40. The summed E-state index contributed by atoms with van der Waals surface area (Å²) in [7, 11) is 0. The number of furan rings is 1. The van der Waals surface area contributed by atoms with Gasteiger partial charge in [0.05, 0.1) is 5.56 Å². The van der Waals surface area contributed by atoms with E-state index in [1.807, 2.05) is 12.1 Å². The minimum absolute atomic E-state index is 0.140. The van der Waals surface area contributed by atoms with Gasteiger partial charge in [-0.3, -0.25) is 9.78 Å². The lowest BCUT2D eigenvalue weighted by atomic mass is 10.1. The molecule has 0 spiro atoms. The molecule has 6 nitrogen and oxygen atoms in total. The van der Waals surface area contributed by atoms with Crippen LogP contribution < -0.4 is 5.32 Å². The topological polar surface area (TPSA) is 92.4 Å². The summed E-state index contributed by atoms with van der Waals surface area (Å²) < 4.78 is 5.43. The van der Waals surface area contributed by atoms with Crippen LogP contribution in [0.3, 0.4) is 0 Å². The van der Waals surface area contributed by atoms with E-state index in [-0.39, 0.29) is 11.3 Å². The van der Waals surface area contributed by atoms with E-state index >= 15 is 0 Å². The van der Waals surface area contributed by atoms with Crippen molar-refractivity contribution in [3.63, 3.8) is 0 Å². The minimum atomic E-state index is -1.03. The third-order valence-corrected chi connectivity index (χ3v) is 3.48. The summed E-state index contributed by atoms with van der Waals surface area (Å²) in [5, 5.41) is 12.4. The van der Waals surface area contributed by atoms with Gasteiger partial charge in [0.25, 0.3) is 0 Å². The fraction of sp³-hybridized carbons (Fsp3) is 0.0556. The van der Waals surface area contributed by atoms with Gasteiger partial charge in [0.2, 0.25) is 0 Å². The van der Waals surface area contributed by atoms with E-state index in [9.17, 15) is 14.7 Å². The Morgan fingerprint density at radius 1 is 1.25 bits per heavy atom. The number of hydrogen-bond acceptors (Lipinski definition) is 5. The first-order valence-electron chi connectivity index (χ1n) is 7.23. The second-order valence-electron chi connectivity index (χ2n) is 5.10. The Bertz CT molecular complexity index is 872. The van der Waals surface area contributed by atoms with Crippen LogP contribution in [0.25, 0.3) is 11.3 Å². The molecule has 0 aliphatic heterocycles. The first-order valence-corrected chi connectivity index (χ1v) is 7.23. The number of nitrogens with zero attached hydrogens (tertiary/aromatic N) is 1. The van der Waals surface area contributed by atoms with Crippen LogP contribution >= 0.6 is 0 Å². The van der Waals surface area contributed by atoms with Crippen LogP contribution in [0.2, 0.25) is 0 Å². The van der Waals surface area contributed by atoms with Gasteiger partial charge in [-0.15, -0.1) is 0 Å². The first-order chi connectivity index (χ1) is 11.7. The normalized spacial score (nSPS) is 10.3. The van der Waals surface area contributed by atoms with E-state index in [1.165, 1.54) is 12.1 Å². The fourth-order valence-electron chi connectivity index (χ4n) is 2.30. The average molecular weight is 322 g/mol. The Labute approximate surface area is 137 Å². The summed E-state index contributed by atoms with van der Waals surface area (Å²) in [5.74, 6) is -0.421. The van der Waals surface area contributed by atoms with Crippen LogP contribution in [0.1, 0.15) is 26.5 Å². The molecule has 2 aromatic heterocycles. The summed E-state index contributed by atoms with van der Waals surface area (Å²) >= 11 is 0. The number of aromatic nitrogens is 1. The molecule has 0 radical (unpaired) electrons. The highest BCUT2D eigenvalue weighted by Crippen LogP contribution is 2.31. The molecule has 0 aliphatic rings. The molecule has 0 fully saturated rings. The number of carboxylic acids is 1. The van der Waals surface area contributed by atoms with Crippen LogP contribution in [-0.4, -0.2) is 22.3 Å². The maximum atomic E-state index is 11.2. The van der Waals surface area contributed by atoms with Gasteiger partial charge < -0.3 is 14.8 Å². The zero-order valence-corrected chi connectivity index (χ0v) is 12.6. The highest BCUT2D eigenvalue weighted by atomic mass is 16.4. The molecule has 3 aromatic rings. The molecule has 1 aromatic carbocycles. The van der Waals surface area contributed by atoms with Crippen LogP contribution in [0.15, 0.2) is 59.3 Å². The average Bonchev–Trinajstić information content (AvgIpc) is 3.09. The smallest absolute Gasteiger partial charge is 0.335 e. The molecule has 0 saturated heterocycles. The molecule has 0 unspecified atom stereocenters. The number of aldehydes is 1. The van der Waals surface area contributed by atoms with Gasteiger partial charge in [0, 0.05) is 30.2 Å². The standard InChI is InChI=1S/C18H14N2O4/c21-11-14-4-6-17(24-14)15-8-13(18(22)23)3-5-16(15)20-10-12-2-1-7-19-9-12/h1-9,11,20H,10H2,(H,22,23). The molecular formula is C18H14N2O4. The second-order valence-corrected chi connectivity index (χ2v) is 5.10. The number of carbonyl (C=O) groups excluding carboxylic acids is 1. The lowest BCUT2D eigenvalue weighted by molar-refractivity contribution is 0.0696. The first kappa shape index (κ1) is 15.5. The van der Waals surface area contributed by atoms with Gasteiger partial charge in [0.15, 0.2) is 12.0 Å². The van der Waals surface area contributed by atoms with E-state index in [0.29, 0.717) is 29.8 Å². The van der Waals surface area contributed by atoms with Gasteiger partial charge >= 0.3 is 5.97 Å². The fourth-order valence-corrected chi connectivity index (χ4v) is 2.30. The van der Waals surface area contributed by atoms with E-state index < -0.39 is 5.97 Å². The number of pyridine rings is 1. The third-order valence-electron chi connectivity index (χ3n) is 3.48. The predicted octanol–water partition coefficient (Wildman–Crippen LogP) is 3.46. The molecule has 0 aliphatic carbocycles. The molecule has 120 valence electrons. The molecule has 0 saturated carbocycles. The molecule has 3 rings (SSSR count). The lowest BCUT2D eigenvalue weighted by Gasteiger charge is -2.11. The minimum Gasteiger partial charge on any atom is -0.478 e. The highest BCUT2D eigenvalue weighted by molar-refractivity contribution is 5.91. The van der Waals surface area contributed by atoms with Crippen molar-refractivity contribution < 1.29 is 19.1 Å². The summed E-state index contributed by atoms with van der Waals surface area (Å²) in [6.45, 7) is 0.522. The Kier molecular flexibility index (Phi) is 4.38. The van der Waals surface area contributed by atoms with Gasteiger partial charge in [-0.25, -0.2) is 4.79 Å². The Morgan fingerprint density at radius 3 is 2.79 bits per heavy atom. The van der Waals surface area contributed by atoms with Crippen molar-refractivity contribution in [2.75, 3.05) is 5.32 Å². The number of aromatic carboxylic acids is 1. The summed E-state index contributed by atoms with van der Waals surface area (Å²) in [6, 6.07) is 11.7. The van der Waals surface area contributed by atoms with Crippen LogP contribution in [0, 0.1) is 0 Å². The van der Waals surface area contributed by atoms with Crippen molar-refractivity contribution in [3.8, 4) is 11.3 Å². The SMILES string of the molecule is O=Cc1ccc(-c2cc(C(=O)O)ccc2NCc2cccnc2)o1. The third kappa shape index (κ3) is 3.33. The Balaban J connectivity index is 1.95. The number of rotatable bonds is 6. The molecule has 2 heterocycles. The van der Waals surface area contributed by atoms with Gasteiger partial charge in [-0.2, -0.15) is 0 Å². The Morgan fingerprint density at radius 2 is 2.12 bits per heavy atom. The number of hydrogen-bond donors (Lipinski definition) is 2. The lowest BCUT2D eigenvalue weighted by Crippen LogP contribution is -2.03. The second kappa shape index (κ2) is 6.78. The molecule has 2 N–H and O–H groups in total. The molecule has 6 heteroatoms. The van der Waals surface area contributed by atoms with Gasteiger partial charge in [-0.05, 0) is 42.0 Å². The number of nitrogens with one attached hydrogen (secondary N) is 1. The van der Waals surface area contributed by atoms with Crippen molar-refractivity contribution in [1.82, 2.24) is 4.98 Å². The maximum Gasteiger partial charge on any atom is 0.335 e. The zero-order chi connectivity index (χ0) is 16.9. The molecule has 0 atom stereocenters. The highest BCUT2D eigenvalue weighted by Gasteiger charge is 2.13. The molecular weight excluding hydrogens is 308 g/mol. The quantitative estimate of drug-likeness (QED) is 0.675. The van der Waals surface area contributed by atoms with E-state index in [1.54, 1.807) is 30.6 Å². The summed E-state index contributed by atoms with van der Waals surface area (Å²) in [6.07, 6.45) is 4.04. The Hall–Kier alpha value is -3.41. The number of carboxylic acid groups (broad SMARTS) is 1. The van der Waals surface area contributed by atoms with Crippen molar-refractivity contribution in [2.24, 2.45) is 0 Å². The van der Waals surface area contributed by atoms with Crippen molar-refractivity contribution in [1.29, 1.82) is 0 Å². The van der Waals surface area contributed by atoms with E-state index in [2.05, 4.69) is 10.3 Å². The van der Waals surface area contributed by atoms with Gasteiger partial charge in [0.1, 0.15) is 5.76 Å². The molecule has 0 amide bonds. The zero-order valence-electron chi connectivity index (χ0n) is 12.6. The number of carbonyl (C=O) groups is 2. The van der Waals surface area contributed by atoms with Crippen LogP contribution in [-0.2, 0) is 6.54 Å². The van der Waals surface area contributed by atoms with Gasteiger partial charge in [-0.1, -0.05) is 6.07 Å². The maximum absolute atomic E-state index is 11.2. The summed E-state index contributed by atoms with van der Waals surface area (Å²) in [4.78, 5) is 26.1. The van der Waals surface area contributed by atoms with Crippen molar-refractivity contribution in [2.45, 2.75) is 6.54 Å². The predicted molar refractivity (Wildman–Crippen MR) is 88.1 cm³/mol. The number of anilines is 1. The molecule has 24 heavy (non-hydrogen) atoms. The number of benzene rings is 1.